The van der Waals surface area contributed by atoms with E-state index in [1.165, 1.54) is 18.2 Å². The average Bonchev–Trinajstić information content (AvgIpc) is 3.13. The molecule has 2 heterocycles. The van der Waals surface area contributed by atoms with Crippen molar-refractivity contribution in [1.29, 1.82) is 0 Å². The Kier molecular flexibility index (Phi) is 4.54. The quantitative estimate of drug-likeness (QED) is 0.759. The summed E-state index contributed by atoms with van der Waals surface area (Å²) in [5, 5.41) is 10.3. The molecule has 9 heteroatoms. The molecular weight excluding hydrogens is 351 g/mol. The van der Waals surface area contributed by atoms with Crippen LogP contribution in [0, 0.1) is 19.7 Å². The third-order valence-corrected chi connectivity index (χ3v) is 3.87. The molecule has 1 atom stereocenters. The molecule has 2 aromatic heterocycles. The van der Waals surface area contributed by atoms with E-state index < -0.39 is 17.8 Å². The first-order valence-corrected chi connectivity index (χ1v) is 7.78. The lowest BCUT2D eigenvalue weighted by Crippen LogP contribution is -2.27. The highest BCUT2D eigenvalue weighted by molar-refractivity contribution is 6.33. The zero-order valence-electron chi connectivity index (χ0n) is 13.6. The Bertz CT molecular complexity index is 917. The number of aromatic nitrogens is 3. The van der Waals surface area contributed by atoms with Gasteiger partial charge in [0, 0.05) is 0 Å². The van der Waals surface area contributed by atoms with E-state index in [9.17, 15) is 9.18 Å². The molecule has 130 valence electrons. The molecular formula is C16H14ClFN4O3. The van der Waals surface area contributed by atoms with Gasteiger partial charge in [0.05, 0.1) is 10.6 Å². The molecule has 0 aliphatic heterocycles. The normalized spacial score (nSPS) is 12.2. The summed E-state index contributed by atoms with van der Waals surface area (Å²) in [6.45, 7) is 4.91. The first-order chi connectivity index (χ1) is 11.9. The molecule has 3 aromatic rings. The molecule has 0 bridgehead atoms. The average molecular weight is 365 g/mol. The maximum atomic E-state index is 14.2. The molecule has 7 nitrogen and oxygen atoms in total. The number of hydrogen-bond donors (Lipinski definition) is 1. The standard InChI is InChI=1S/C16H14ClFN4O3/c1-7(16-20-9(3)21-25-16)19-15(23)12-8(2)24-22-14(12)13-10(17)5-4-6-11(13)18/h4-7H,1-3H3,(H,19,23). The highest BCUT2D eigenvalue weighted by Crippen LogP contribution is 2.33. The summed E-state index contributed by atoms with van der Waals surface area (Å²) in [6, 6.07) is 3.66. The van der Waals surface area contributed by atoms with E-state index in [1.54, 1.807) is 20.8 Å². The van der Waals surface area contributed by atoms with Gasteiger partial charge in [-0.05, 0) is 32.9 Å². The van der Waals surface area contributed by atoms with Gasteiger partial charge < -0.3 is 14.4 Å². The molecule has 0 fully saturated rings. The predicted molar refractivity (Wildman–Crippen MR) is 86.6 cm³/mol. The first-order valence-electron chi connectivity index (χ1n) is 7.40. The van der Waals surface area contributed by atoms with E-state index in [1.807, 2.05) is 0 Å². The van der Waals surface area contributed by atoms with Crippen molar-refractivity contribution < 1.29 is 18.2 Å². The molecule has 0 spiro atoms. The number of benzene rings is 1. The fourth-order valence-electron chi connectivity index (χ4n) is 2.35. The minimum absolute atomic E-state index is 0.00690. The van der Waals surface area contributed by atoms with Crippen molar-refractivity contribution in [3.8, 4) is 11.3 Å². The van der Waals surface area contributed by atoms with E-state index in [4.69, 9.17) is 20.6 Å². The van der Waals surface area contributed by atoms with E-state index in [-0.39, 0.29) is 33.5 Å². The number of hydrogen-bond acceptors (Lipinski definition) is 6. The zero-order valence-corrected chi connectivity index (χ0v) is 14.4. The molecule has 1 N–H and O–H groups in total. The number of halogens is 2. The van der Waals surface area contributed by atoms with Gasteiger partial charge in [-0.2, -0.15) is 4.98 Å². The smallest absolute Gasteiger partial charge is 0.257 e. The van der Waals surface area contributed by atoms with Gasteiger partial charge in [0.25, 0.3) is 5.91 Å². The van der Waals surface area contributed by atoms with Crippen LogP contribution in [0.5, 0.6) is 0 Å². The SMILES string of the molecule is Cc1noc(C(C)NC(=O)c2c(-c3c(F)cccc3Cl)noc2C)n1. The van der Waals surface area contributed by atoms with Gasteiger partial charge in [-0.3, -0.25) is 4.79 Å². The predicted octanol–water partition coefficient (Wildman–Crippen LogP) is 3.62. The Hall–Kier alpha value is -2.74. The zero-order chi connectivity index (χ0) is 18.1. The topological polar surface area (TPSA) is 94.1 Å². The lowest BCUT2D eigenvalue weighted by molar-refractivity contribution is 0.0931. The van der Waals surface area contributed by atoms with E-state index in [0.717, 1.165) is 0 Å². The second kappa shape index (κ2) is 6.64. The third-order valence-electron chi connectivity index (χ3n) is 3.55. The molecule has 0 saturated heterocycles. The summed E-state index contributed by atoms with van der Waals surface area (Å²) in [7, 11) is 0. The van der Waals surface area contributed by atoms with Crippen molar-refractivity contribution in [2.45, 2.75) is 26.8 Å². The van der Waals surface area contributed by atoms with Gasteiger partial charge in [-0.25, -0.2) is 4.39 Å². The highest BCUT2D eigenvalue weighted by atomic mass is 35.5. The number of nitrogens with zero attached hydrogens (tertiary/aromatic N) is 3. The van der Waals surface area contributed by atoms with Crippen molar-refractivity contribution >= 4 is 17.5 Å². The number of rotatable bonds is 4. The van der Waals surface area contributed by atoms with Crippen molar-refractivity contribution in [2.75, 3.05) is 0 Å². The maximum Gasteiger partial charge on any atom is 0.257 e. The van der Waals surface area contributed by atoms with Crippen LogP contribution in [0.25, 0.3) is 11.3 Å². The second-order valence-corrected chi connectivity index (χ2v) is 5.84. The molecule has 1 unspecified atom stereocenters. The van der Waals surface area contributed by atoms with Crippen LogP contribution in [0.4, 0.5) is 4.39 Å². The van der Waals surface area contributed by atoms with E-state index >= 15 is 0 Å². The van der Waals surface area contributed by atoms with Crippen LogP contribution < -0.4 is 5.32 Å². The molecule has 1 amide bonds. The van der Waals surface area contributed by atoms with Crippen LogP contribution in [0.1, 0.15) is 40.8 Å². The number of carbonyl (C=O) groups is 1. The lowest BCUT2D eigenvalue weighted by atomic mass is 10.0. The fourth-order valence-corrected chi connectivity index (χ4v) is 2.61. The van der Waals surface area contributed by atoms with Gasteiger partial charge in [-0.1, -0.05) is 28.0 Å². The van der Waals surface area contributed by atoms with Gasteiger partial charge >= 0.3 is 0 Å². The van der Waals surface area contributed by atoms with Gasteiger partial charge in [0.2, 0.25) is 5.89 Å². The summed E-state index contributed by atoms with van der Waals surface area (Å²) in [5.74, 6) is -0.172. The van der Waals surface area contributed by atoms with E-state index in [0.29, 0.717) is 5.82 Å². The van der Waals surface area contributed by atoms with Gasteiger partial charge in [0.15, 0.2) is 5.82 Å². The number of nitrogens with one attached hydrogen (secondary N) is 1. The monoisotopic (exact) mass is 364 g/mol. The van der Waals surface area contributed by atoms with Gasteiger partial charge in [0.1, 0.15) is 28.9 Å². The van der Waals surface area contributed by atoms with Crippen LogP contribution in [0.3, 0.4) is 0 Å². The molecule has 0 radical (unpaired) electrons. The fraction of sp³-hybridized carbons (Fsp3) is 0.250. The Labute approximate surface area is 147 Å². The summed E-state index contributed by atoms with van der Waals surface area (Å²) in [6.07, 6.45) is 0. The molecule has 0 aliphatic rings. The minimum Gasteiger partial charge on any atom is -0.360 e. The first kappa shape index (κ1) is 17.1. The van der Waals surface area contributed by atoms with E-state index in [2.05, 4.69) is 20.6 Å². The molecule has 1 aromatic carbocycles. The molecule has 3 rings (SSSR count). The maximum absolute atomic E-state index is 14.2. The van der Waals surface area contributed by atoms with Crippen LogP contribution in [0.2, 0.25) is 5.02 Å². The van der Waals surface area contributed by atoms with Crippen LogP contribution in [-0.4, -0.2) is 21.2 Å². The number of amides is 1. The summed E-state index contributed by atoms with van der Waals surface area (Å²) in [4.78, 5) is 16.7. The summed E-state index contributed by atoms with van der Waals surface area (Å²) < 4.78 is 24.3. The largest absolute Gasteiger partial charge is 0.360 e. The Morgan fingerprint density at radius 3 is 2.68 bits per heavy atom. The Morgan fingerprint density at radius 1 is 1.28 bits per heavy atom. The second-order valence-electron chi connectivity index (χ2n) is 5.43. The summed E-state index contributed by atoms with van der Waals surface area (Å²) in [5.41, 5.74) is 0.134. The van der Waals surface area contributed by atoms with Crippen LogP contribution >= 0.6 is 11.6 Å². The van der Waals surface area contributed by atoms with Crippen molar-refractivity contribution in [2.24, 2.45) is 0 Å². The van der Waals surface area contributed by atoms with Crippen molar-refractivity contribution in [3.05, 3.63) is 52.1 Å². The number of carbonyl (C=O) groups excluding carboxylic acids is 1. The van der Waals surface area contributed by atoms with Gasteiger partial charge in [-0.15, -0.1) is 0 Å². The third kappa shape index (κ3) is 3.25. The molecule has 25 heavy (non-hydrogen) atoms. The Morgan fingerprint density at radius 2 is 2.04 bits per heavy atom. The molecule has 0 saturated carbocycles. The van der Waals surface area contributed by atoms with Crippen molar-refractivity contribution in [1.82, 2.24) is 20.6 Å². The molecule has 0 aliphatic carbocycles. The Balaban J connectivity index is 1.95. The number of aryl methyl sites for hydroxylation is 2. The van der Waals surface area contributed by atoms with Crippen LogP contribution in [-0.2, 0) is 0 Å². The van der Waals surface area contributed by atoms with Crippen LogP contribution in [0.15, 0.2) is 27.2 Å². The lowest BCUT2D eigenvalue weighted by Gasteiger charge is -2.10. The summed E-state index contributed by atoms with van der Waals surface area (Å²) >= 11 is 6.07. The minimum atomic E-state index is -0.601. The van der Waals surface area contributed by atoms with Crippen molar-refractivity contribution in [3.63, 3.8) is 0 Å². The highest BCUT2D eigenvalue weighted by Gasteiger charge is 2.27.